The zero-order chi connectivity index (χ0) is 24.1. The van der Waals surface area contributed by atoms with Crippen LogP contribution < -0.4 is 0 Å². The van der Waals surface area contributed by atoms with Gasteiger partial charge in [-0.05, 0) is 110 Å². The van der Waals surface area contributed by atoms with E-state index in [0.29, 0.717) is 35.0 Å². The van der Waals surface area contributed by atoms with Crippen LogP contribution in [-0.2, 0) is 0 Å². The van der Waals surface area contributed by atoms with E-state index in [1.807, 2.05) is 0 Å². The fourth-order valence-corrected chi connectivity index (χ4v) is 10.9. The van der Waals surface area contributed by atoms with Gasteiger partial charge in [-0.15, -0.1) is 0 Å². The zero-order valence-corrected chi connectivity index (χ0v) is 22.5. The molecule has 0 aromatic carbocycles. The molecule has 0 heterocycles. The molecular formula is C30H52O3. The number of aliphatic hydroxyl groups excluding tert-OH is 2. The maximum atomic E-state index is 11.7. The van der Waals surface area contributed by atoms with Gasteiger partial charge in [0.1, 0.15) is 0 Å². The van der Waals surface area contributed by atoms with Gasteiger partial charge in [-0.2, -0.15) is 0 Å². The minimum atomic E-state index is -1.12. The molecule has 5 aliphatic rings. The predicted molar refractivity (Wildman–Crippen MR) is 133 cm³/mol. The molecule has 0 bridgehead atoms. The summed E-state index contributed by atoms with van der Waals surface area (Å²) in [6.45, 7) is 17.3. The number of hydrogen-bond donors (Lipinski definition) is 3. The molecule has 5 saturated carbocycles. The fourth-order valence-electron chi connectivity index (χ4n) is 10.9. The van der Waals surface area contributed by atoms with E-state index in [0.717, 1.165) is 48.9 Å². The van der Waals surface area contributed by atoms with Crippen LogP contribution in [0.15, 0.2) is 0 Å². The van der Waals surface area contributed by atoms with Gasteiger partial charge in [-0.25, -0.2) is 0 Å². The van der Waals surface area contributed by atoms with Crippen LogP contribution in [0.2, 0.25) is 0 Å². The quantitative estimate of drug-likeness (QED) is 0.479. The average molecular weight is 461 g/mol. The molecule has 0 radical (unpaired) electrons. The molecule has 0 aromatic heterocycles. The van der Waals surface area contributed by atoms with E-state index in [1.165, 1.54) is 32.1 Å². The maximum Gasteiger partial charge on any atom is 0.0985 e. The Hall–Kier alpha value is -0.120. The van der Waals surface area contributed by atoms with Gasteiger partial charge in [-0.3, -0.25) is 0 Å². The topological polar surface area (TPSA) is 60.7 Å². The Morgan fingerprint density at radius 2 is 1.48 bits per heavy atom. The van der Waals surface area contributed by atoms with Crippen LogP contribution in [0.3, 0.4) is 0 Å². The Labute approximate surface area is 203 Å². The van der Waals surface area contributed by atoms with Gasteiger partial charge in [0.2, 0.25) is 0 Å². The third-order valence-electron chi connectivity index (χ3n) is 13.6. The molecule has 3 N–H and O–H groups in total. The van der Waals surface area contributed by atoms with Crippen molar-refractivity contribution in [3.8, 4) is 0 Å². The highest BCUT2D eigenvalue weighted by Gasteiger charge is 2.68. The lowest BCUT2D eigenvalue weighted by Gasteiger charge is -2.65. The lowest BCUT2D eigenvalue weighted by atomic mass is 9.42. The first-order valence-corrected chi connectivity index (χ1v) is 14.4. The average Bonchev–Trinajstić information content (AvgIpc) is 3.31. The van der Waals surface area contributed by atoms with E-state index >= 15 is 0 Å². The smallest absolute Gasteiger partial charge is 0.0985 e. The van der Waals surface area contributed by atoms with Crippen molar-refractivity contribution in [1.29, 1.82) is 0 Å². The van der Waals surface area contributed by atoms with Crippen molar-refractivity contribution in [3.63, 3.8) is 0 Å². The Kier molecular flexibility index (Phi) is 5.72. The van der Waals surface area contributed by atoms with Crippen molar-refractivity contribution in [3.05, 3.63) is 0 Å². The van der Waals surface area contributed by atoms with E-state index < -0.39 is 17.8 Å². The van der Waals surface area contributed by atoms with E-state index in [2.05, 4.69) is 48.5 Å². The molecule has 13 atom stereocenters. The van der Waals surface area contributed by atoms with Crippen molar-refractivity contribution in [2.24, 2.45) is 63.6 Å². The first-order valence-electron chi connectivity index (χ1n) is 14.4. The zero-order valence-electron chi connectivity index (χ0n) is 22.5. The lowest BCUT2D eigenvalue weighted by molar-refractivity contribution is -0.265. The van der Waals surface area contributed by atoms with Crippen LogP contribution in [0.4, 0.5) is 0 Å². The van der Waals surface area contributed by atoms with Crippen LogP contribution in [0.25, 0.3) is 0 Å². The highest BCUT2D eigenvalue weighted by atomic mass is 16.3. The molecule has 5 fully saturated rings. The normalized spacial score (nSPS) is 57.7. The van der Waals surface area contributed by atoms with Crippen molar-refractivity contribution < 1.29 is 15.3 Å². The molecule has 5 aliphatic carbocycles. The van der Waals surface area contributed by atoms with Gasteiger partial charge in [-0.1, -0.05) is 48.5 Å². The summed E-state index contributed by atoms with van der Waals surface area (Å²) < 4.78 is 0. The van der Waals surface area contributed by atoms with E-state index in [9.17, 15) is 15.3 Å². The van der Waals surface area contributed by atoms with Crippen molar-refractivity contribution in [1.82, 2.24) is 0 Å². The summed E-state index contributed by atoms with van der Waals surface area (Å²) in [4.78, 5) is 0. The minimum absolute atomic E-state index is 0.263. The van der Waals surface area contributed by atoms with Crippen LogP contribution in [0, 0.1) is 63.6 Å². The summed E-state index contributed by atoms with van der Waals surface area (Å²) in [5.74, 6) is 5.69. The lowest BCUT2D eigenvalue weighted by Crippen LogP contribution is -2.68. The van der Waals surface area contributed by atoms with Crippen molar-refractivity contribution in [2.75, 3.05) is 0 Å². The van der Waals surface area contributed by atoms with Gasteiger partial charge >= 0.3 is 0 Å². The summed E-state index contributed by atoms with van der Waals surface area (Å²) in [5, 5.41) is 33.3. The molecule has 3 nitrogen and oxygen atoms in total. The number of hydrogen-bond acceptors (Lipinski definition) is 3. The van der Waals surface area contributed by atoms with Gasteiger partial charge in [0, 0.05) is 11.8 Å². The van der Waals surface area contributed by atoms with Gasteiger partial charge < -0.3 is 15.3 Å². The fraction of sp³-hybridized carbons (Fsp3) is 1.00. The summed E-state index contributed by atoms with van der Waals surface area (Å²) in [7, 11) is 0. The highest BCUT2D eigenvalue weighted by molar-refractivity contribution is 5.18. The Morgan fingerprint density at radius 3 is 2.15 bits per heavy atom. The first-order chi connectivity index (χ1) is 15.3. The molecule has 190 valence electrons. The molecule has 0 aliphatic heterocycles. The third-order valence-corrected chi connectivity index (χ3v) is 13.6. The van der Waals surface area contributed by atoms with Crippen LogP contribution in [-0.4, -0.2) is 33.1 Å². The van der Waals surface area contributed by atoms with E-state index in [-0.39, 0.29) is 5.41 Å². The minimum Gasteiger partial charge on any atom is -0.393 e. The summed E-state index contributed by atoms with van der Waals surface area (Å²) in [6.07, 6.45) is 8.06. The second-order valence-electron chi connectivity index (χ2n) is 14.8. The van der Waals surface area contributed by atoms with Gasteiger partial charge in [0.25, 0.3) is 0 Å². The summed E-state index contributed by atoms with van der Waals surface area (Å²) in [5.41, 5.74) is -0.479. The molecule has 33 heavy (non-hydrogen) atoms. The number of fused-ring (bicyclic) bond motifs is 5. The molecule has 0 spiro atoms. The Bertz CT molecular complexity index is 766. The largest absolute Gasteiger partial charge is 0.393 e. The highest BCUT2D eigenvalue weighted by Crippen LogP contribution is 2.72. The maximum absolute atomic E-state index is 11.7. The molecule has 0 saturated heterocycles. The SMILES string of the molecule is CC(C)[C@H](C)[C@]1(C)C[C@H]1[C@@H](C)[C@H]1CC[C@H]2[C@@H]3C[C@@H](O)[C@@]4(O)C[C@@H](O)CC[C@]4(C)[C@H]3CC[C@]12C. The molecule has 0 amide bonds. The van der Waals surface area contributed by atoms with E-state index in [1.54, 1.807) is 0 Å². The van der Waals surface area contributed by atoms with Crippen molar-refractivity contribution >= 4 is 0 Å². The third kappa shape index (κ3) is 3.23. The van der Waals surface area contributed by atoms with Crippen LogP contribution in [0.5, 0.6) is 0 Å². The standard InChI is InChI=1S/C30H52O3/c1-17(2)19(4)28(6)16-25(28)18(3)22-8-9-23-21-14-26(32)30(33)15-20(31)10-13-29(30,7)24(21)11-12-27(22,23)5/h17-26,31-33H,8-16H2,1-7H3/t18-,19-,20-,21-,22+,23-,24-,25-,26+,27+,28-,29+,30-/m0/s1. The summed E-state index contributed by atoms with van der Waals surface area (Å²) >= 11 is 0. The predicted octanol–water partition coefficient (Wildman–Crippen LogP) is 6.05. The molecule has 5 rings (SSSR count). The van der Waals surface area contributed by atoms with Crippen LogP contribution >= 0.6 is 0 Å². The molecular weight excluding hydrogens is 408 g/mol. The first kappa shape index (κ1) is 24.6. The molecule has 0 unspecified atom stereocenters. The van der Waals surface area contributed by atoms with Gasteiger partial charge in [0.15, 0.2) is 0 Å². The summed E-state index contributed by atoms with van der Waals surface area (Å²) in [6, 6.07) is 0. The Morgan fingerprint density at radius 1 is 0.788 bits per heavy atom. The molecule has 0 aromatic rings. The monoisotopic (exact) mass is 460 g/mol. The second kappa shape index (κ2) is 7.69. The van der Waals surface area contributed by atoms with Gasteiger partial charge in [0.05, 0.1) is 17.8 Å². The van der Waals surface area contributed by atoms with Crippen molar-refractivity contribution in [2.45, 2.75) is 124 Å². The number of aliphatic hydroxyl groups is 3. The Balaban J connectivity index is 1.37. The van der Waals surface area contributed by atoms with Crippen LogP contribution in [0.1, 0.15) is 106 Å². The number of rotatable bonds is 4. The van der Waals surface area contributed by atoms with E-state index in [4.69, 9.17) is 0 Å². The molecule has 3 heteroatoms. The second-order valence-corrected chi connectivity index (χ2v) is 14.8.